The lowest BCUT2D eigenvalue weighted by molar-refractivity contribution is 0.0522. The van der Waals surface area contributed by atoms with E-state index < -0.39 is 11.9 Å². The lowest BCUT2D eigenvalue weighted by atomic mass is 10.0. The Labute approximate surface area is 156 Å². The van der Waals surface area contributed by atoms with Crippen molar-refractivity contribution in [1.29, 1.82) is 0 Å². The van der Waals surface area contributed by atoms with E-state index in [2.05, 4.69) is 4.98 Å². The van der Waals surface area contributed by atoms with E-state index in [1.54, 1.807) is 31.2 Å². The fourth-order valence-corrected chi connectivity index (χ4v) is 2.89. The van der Waals surface area contributed by atoms with Gasteiger partial charge in [0, 0.05) is 10.9 Å². The third-order valence-corrected chi connectivity index (χ3v) is 4.22. The Bertz CT molecular complexity index is 997. The van der Waals surface area contributed by atoms with Gasteiger partial charge in [-0.15, -0.1) is 0 Å². The van der Waals surface area contributed by atoms with Gasteiger partial charge in [-0.1, -0.05) is 18.2 Å². The molecule has 0 radical (unpaired) electrons. The average molecular weight is 364 g/mol. The van der Waals surface area contributed by atoms with Crippen LogP contribution < -0.4 is 10.5 Å². The number of para-hydroxylation sites is 1. The average Bonchev–Trinajstić information content (AvgIpc) is 2.67. The molecular formula is C21H20N2O4. The van der Waals surface area contributed by atoms with Crippen molar-refractivity contribution in [3.63, 3.8) is 0 Å². The van der Waals surface area contributed by atoms with E-state index in [9.17, 15) is 9.59 Å². The first-order valence-corrected chi connectivity index (χ1v) is 8.59. The normalized spacial score (nSPS) is 10.6. The fourth-order valence-electron chi connectivity index (χ4n) is 2.89. The number of ether oxygens (including phenoxy) is 2. The number of nitrogens with zero attached hydrogens (tertiary/aromatic N) is 1. The Morgan fingerprint density at radius 1 is 1.07 bits per heavy atom. The number of fused-ring (bicyclic) bond motifs is 1. The van der Waals surface area contributed by atoms with Crippen LogP contribution in [0.5, 0.6) is 5.75 Å². The topological polar surface area (TPSA) is 91.5 Å². The minimum absolute atomic E-state index is 0.0930. The summed E-state index contributed by atoms with van der Waals surface area (Å²) in [5.41, 5.74) is 8.15. The van der Waals surface area contributed by atoms with Gasteiger partial charge in [-0.3, -0.25) is 4.79 Å². The van der Waals surface area contributed by atoms with Crippen molar-refractivity contribution >= 4 is 22.8 Å². The van der Waals surface area contributed by atoms with Crippen molar-refractivity contribution in [2.45, 2.75) is 20.5 Å². The lowest BCUT2D eigenvalue weighted by Crippen LogP contribution is -2.14. The van der Waals surface area contributed by atoms with Gasteiger partial charge >= 0.3 is 5.97 Å². The zero-order valence-corrected chi connectivity index (χ0v) is 15.2. The highest BCUT2D eigenvalue weighted by atomic mass is 16.5. The maximum atomic E-state index is 12.5. The number of amides is 1. The van der Waals surface area contributed by atoms with Gasteiger partial charge in [0.2, 0.25) is 5.91 Å². The molecule has 3 rings (SSSR count). The second-order valence-electron chi connectivity index (χ2n) is 5.97. The van der Waals surface area contributed by atoms with Crippen molar-refractivity contribution in [1.82, 2.24) is 4.98 Å². The monoisotopic (exact) mass is 364 g/mol. The predicted octanol–water partition coefficient (Wildman–Crippen LogP) is 3.40. The summed E-state index contributed by atoms with van der Waals surface area (Å²) in [5, 5.41) is 0.898. The quantitative estimate of drug-likeness (QED) is 0.677. The van der Waals surface area contributed by atoms with Gasteiger partial charge in [0.25, 0.3) is 0 Å². The lowest BCUT2D eigenvalue weighted by Gasteiger charge is -2.14. The molecule has 2 N–H and O–H groups in total. The molecule has 1 aromatic heterocycles. The van der Waals surface area contributed by atoms with E-state index in [0.717, 1.165) is 16.5 Å². The summed E-state index contributed by atoms with van der Waals surface area (Å²) >= 11 is 0. The largest absolute Gasteiger partial charge is 0.487 e. The van der Waals surface area contributed by atoms with Crippen molar-refractivity contribution in [2.24, 2.45) is 5.73 Å². The van der Waals surface area contributed by atoms with Crippen LogP contribution in [0.15, 0.2) is 48.5 Å². The van der Waals surface area contributed by atoms with E-state index in [1.807, 2.05) is 31.2 Å². The number of hydrogen-bond donors (Lipinski definition) is 1. The third-order valence-electron chi connectivity index (χ3n) is 4.22. The maximum Gasteiger partial charge on any atom is 0.340 e. The number of primary amides is 1. The van der Waals surface area contributed by atoms with E-state index in [0.29, 0.717) is 22.6 Å². The highest BCUT2D eigenvalue weighted by molar-refractivity contribution is 5.98. The molecule has 2 aromatic carbocycles. The van der Waals surface area contributed by atoms with Crippen molar-refractivity contribution < 1.29 is 19.1 Å². The molecule has 0 spiro atoms. The molecule has 27 heavy (non-hydrogen) atoms. The van der Waals surface area contributed by atoms with Crippen molar-refractivity contribution in [3.8, 4) is 5.75 Å². The summed E-state index contributed by atoms with van der Waals surface area (Å²) in [6.07, 6.45) is 0. The first kappa shape index (κ1) is 18.4. The van der Waals surface area contributed by atoms with Crippen LogP contribution in [0.2, 0.25) is 0 Å². The van der Waals surface area contributed by atoms with E-state index in [-0.39, 0.29) is 13.2 Å². The van der Waals surface area contributed by atoms with Crippen molar-refractivity contribution in [3.05, 3.63) is 70.9 Å². The number of hydrogen-bond acceptors (Lipinski definition) is 5. The Balaban J connectivity index is 1.95. The van der Waals surface area contributed by atoms with E-state index >= 15 is 0 Å². The summed E-state index contributed by atoms with van der Waals surface area (Å²) in [5.74, 6) is -0.378. The molecular weight excluding hydrogens is 344 g/mol. The van der Waals surface area contributed by atoms with Crippen LogP contribution in [-0.4, -0.2) is 23.5 Å². The molecule has 6 heteroatoms. The number of aromatic nitrogens is 1. The molecule has 0 aliphatic carbocycles. The van der Waals surface area contributed by atoms with Gasteiger partial charge in [-0.25, -0.2) is 9.78 Å². The molecule has 1 heterocycles. The zero-order valence-electron chi connectivity index (χ0n) is 15.2. The van der Waals surface area contributed by atoms with Gasteiger partial charge in [0.15, 0.2) is 0 Å². The standard InChI is InChI=1S/C21H20N2O4/c1-3-26-21(25)19-13(2)16-6-4-5-7-17(16)23-18(19)12-27-15-10-8-14(9-11-15)20(22)24/h4-11H,3,12H2,1-2H3,(H2,22,24). The smallest absolute Gasteiger partial charge is 0.340 e. The summed E-state index contributed by atoms with van der Waals surface area (Å²) in [7, 11) is 0. The highest BCUT2D eigenvalue weighted by Gasteiger charge is 2.20. The van der Waals surface area contributed by atoms with Crippen LogP contribution >= 0.6 is 0 Å². The summed E-state index contributed by atoms with van der Waals surface area (Å²) in [6, 6.07) is 14.1. The van der Waals surface area contributed by atoms with Crippen LogP contribution in [0.25, 0.3) is 10.9 Å². The number of nitrogens with two attached hydrogens (primary N) is 1. The number of rotatable bonds is 6. The maximum absolute atomic E-state index is 12.5. The summed E-state index contributed by atoms with van der Waals surface area (Å²) in [6.45, 7) is 4.01. The van der Waals surface area contributed by atoms with Crippen LogP contribution in [-0.2, 0) is 11.3 Å². The van der Waals surface area contributed by atoms with Crippen LogP contribution in [0.4, 0.5) is 0 Å². The third kappa shape index (κ3) is 3.89. The number of aryl methyl sites for hydroxylation is 1. The molecule has 138 valence electrons. The second-order valence-corrected chi connectivity index (χ2v) is 5.97. The minimum Gasteiger partial charge on any atom is -0.487 e. The van der Waals surface area contributed by atoms with Gasteiger partial charge in [0.05, 0.1) is 23.4 Å². The molecule has 0 unspecified atom stereocenters. The molecule has 3 aromatic rings. The molecule has 0 saturated heterocycles. The Morgan fingerprint density at radius 3 is 2.44 bits per heavy atom. The van der Waals surface area contributed by atoms with Gasteiger partial charge in [0.1, 0.15) is 12.4 Å². The van der Waals surface area contributed by atoms with Crippen LogP contribution in [0.3, 0.4) is 0 Å². The first-order chi connectivity index (χ1) is 13.0. The molecule has 0 bridgehead atoms. The highest BCUT2D eigenvalue weighted by Crippen LogP contribution is 2.25. The number of carbonyl (C=O) groups excluding carboxylic acids is 2. The van der Waals surface area contributed by atoms with Crippen molar-refractivity contribution in [2.75, 3.05) is 6.61 Å². The van der Waals surface area contributed by atoms with Gasteiger partial charge in [-0.05, 0) is 49.7 Å². The first-order valence-electron chi connectivity index (χ1n) is 8.59. The molecule has 0 fully saturated rings. The number of esters is 1. The van der Waals surface area contributed by atoms with Crippen LogP contribution in [0, 0.1) is 6.92 Å². The Morgan fingerprint density at radius 2 is 1.78 bits per heavy atom. The Kier molecular flexibility index (Phi) is 5.35. The van der Waals surface area contributed by atoms with Gasteiger partial charge < -0.3 is 15.2 Å². The Hall–Kier alpha value is -3.41. The van der Waals surface area contributed by atoms with Crippen LogP contribution in [0.1, 0.15) is 38.9 Å². The number of benzene rings is 2. The minimum atomic E-state index is -0.502. The molecule has 0 atom stereocenters. The molecule has 1 amide bonds. The number of pyridine rings is 1. The number of carbonyl (C=O) groups is 2. The molecule has 0 saturated carbocycles. The SMILES string of the molecule is CCOC(=O)c1c(COc2ccc(C(N)=O)cc2)nc2ccccc2c1C. The zero-order chi connectivity index (χ0) is 19.4. The predicted molar refractivity (Wildman–Crippen MR) is 102 cm³/mol. The fraction of sp³-hybridized carbons (Fsp3) is 0.190. The van der Waals surface area contributed by atoms with E-state index in [4.69, 9.17) is 15.2 Å². The molecule has 0 aliphatic heterocycles. The van der Waals surface area contributed by atoms with E-state index in [1.165, 1.54) is 0 Å². The van der Waals surface area contributed by atoms with Gasteiger partial charge in [-0.2, -0.15) is 0 Å². The molecule has 0 aliphatic rings. The summed E-state index contributed by atoms with van der Waals surface area (Å²) < 4.78 is 11.0. The second kappa shape index (κ2) is 7.86. The summed E-state index contributed by atoms with van der Waals surface area (Å²) in [4.78, 5) is 28.2. The molecule has 6 nitrogen and oxygen atoms in total.